The van der Waals surface area contributed by atoms with Crippen molar-refractivity contribution in [2.75, 3.05) is 6.54 Å². The number of likely N-dealkylation sites (tertiary alicyclic amines) is 1. The van der Waals surface area contributed by atoms with E-state index >= 15 is 0 Å². The number of fused-ring (bicyclic) bond motifs is 1. The minimum absolute atomic E-state index is 0.106. The Morgan fingerprint density at radius 3 is 2.79 bits per heavy atom. The third-order valence-corrected chi connectivity index (χ3v) is 5.19. The zero-order valence-corrected chi connectivity index (χ0v) is 15.4. The van der Waals surface area contributed by atoms with Crippen molar-refractivity contribution in [1.82, 2.24) is 24.4 Å². The Morgan fingerprint density at radius 2 is 1.96 bits per heavy atom. The van der Waals surface area contributed by atoms with E-state index in [9.17, 15) is 4.79 Å². The molecule has 140 valence electrons. The molecule has 0 bridgehead atoms. The Labute approximate surface area is 161 Å². The Morgan fingerprint density at radius 1 is 1.11 bits per heavy atom. The van der Waals surface area contributed by atoms with Crippen molar-refractivity contribution in [3.8, 4) is 11.4 Å². The molecule has 0 aliphatic carbocycles. The third-order valence-electron chi connectivity index (χ3n) is 5.19. The number of rotatable bonds is 3. The molecule has 1 atom stereocenters. The van der Waals surface area contributed by atoms with Gasteiger partial charge in [0.25, 0.3) is 5.91 Å². The standard InChI is InChI=1S/C21H19N5O2/c1-14-7-5-11-18-22-16(13-26(14)18)21(27)25-12-6-10-17(25)20-23-19(24-28-20)15-8-3-2-4-9-15/h2-5,7-9,11,13,17H,6,10,12H2,1H3/t17-/m1/s1. The maximum atomic E-state index is 13.1. The van der Waals surface area contributed by atoms with Crippen molar-refractivity contribution in [2.45, 2.75) is 25.8 Å². The van der Waals surface area contributed by atoms with Crippen LogP contribution in [0, 0.1) is 6.92 Å². The lowest BCUT2D eigenvalue weighted by Crippen LogP contribution is -2.31. The van der Waals surface area contributed by atoms with E-state index in [-0.39, 0.29) is 11.9 Å². The summed E-state index contributed by atoms with van der Waals surface area (Å²) in [7, 11) is 0. The largest absolute Gasteiger partial charge is 0.337 e. The predicted octanol–water partition coefficient (Wildman–Crippen LogP) is 3.67. The number of hydrogen-bond acceptors (Lipinski definition) is 5. The van der Waals surface area contributed by atoms with Gasteiger partial charge in [0, 0.05) is 24.0 Å². The molecular formula is C21H19N5O2. The molecule has 4 aromatic rings. The van der Waals surface area contributed by atoms with Gasteiger partial charge >= 0.3 is 0 Å². The van der Waals surface area contributed by atoms with Gasteiger partial charge in [-0.05, 0) is 31.9 Å². The molecular weight excluding hydrogens is 354 g/mol. The number of benzene rings is 1. The number of amides is 1. The first kappa shape index (κ1) is 16.7. The second kappa shape index (κ2) is 6.60. The molecule has 7 nitrogen and oxygen atoms in total. The zero-order chi connectivity index (χ0) is 19.1. The van der Waals surface area contributed by atoms with Gasteiger partial charge in [0.15, 0.2) is 0 Å². The lowest BCUT2D eigenvalue weighted by Gasteiger charge is -2.20. The van der Waals surface area contributed by atoms with Crippen molar-refractivity contribution in [3.63, 3.8) is 0 Å². The Kier molecular flexibility index (Phi) is 3.93. The lowest BCUT2D eigenvalue weighted by atomic mass is 10.2. The van der Waals surface area contributed by atoms with Gasteiger partial charge in [0.2, 0.25) is 11.7 Å². The van der Waals surface area contributed by atoms with Crippen LogP contribution in [0.2, 0.25) is 0 Å². The summed E-state index contributed by atoms with van der Waals surface area (Å²) >= 11 is 0. The van der Waals surface area contributed by atoms with E-state index < -0.39 is 0 Å². The molecule has 4 heterocycles. The van der Waals surface area contributed by atoms with E-state index in [0.717, 1.165) is 29.7 Å². The van der Waals surface area contributed by atoms with Crippen molar-refractivity contribution >= 4 is 11.6 Å². The summed E-state index contributed by atoms with van der Waals surface area (Å²) in [6.45, 7) is 2.64. The van der Waals surface area contributed by atoms with Crippen LogP contribution < -0.4 is 0 Å². The van der Waals surface area contributed by atoms with Crippen LogP contribution in [0.4, 0.5) is 0 Å². The minimum atomic E-state index is -0.219. The smallest absolute Gasteiger partial charge is 0.274 e. The van der Waals surface area contributed by atoms with Crippen LogP contribution >= 0.6 is 0 Å². The molecule has 0 unspecified atom stereocenters. The maximum Gasteiger partial charge on any atom is 0.274 e. The topological polar surface area (TPSA) is 76.5 Å². The summed E-state index contributed by atoms with van der Waals surface area (Å²) in [4.78, 5) is 24.0. The SMILES string of the molecule is Cc1cccc2nc(C(=O)N3CCC[C@@H]3c3nc(-c4ccccc4)no3)cn12. The van der Waals surface area contributed by atoms with Crippen LogP contribution in [0.25, 0.3) is 17.0 Å². The van der Waals surface area contributed by atoms with Crippen LogP contribution in [-0.2, 0) is 0 Å². The molecule has 1 amide bonds. The van der Waals surface area contributed by atoms with E-state index in [1.165, 1.54) is 0 Å². The fourth-order valence-electron chi connectivity index (χ4n) is 3.74. The Bertz CT molecular complexity index is 1150. The highest BCUT2D eigenvalue weighted by atomic mass is 16.5. The first-order chi connectivity index (χ1) is 13.7. The molecule has 1 aliphatic heterocycles. The molecule has 1 aromatic carbocycles. The van der Waals surface area contributed by atoms with Gasteiger partial charge in [-0.1, -0.05) is 41.6 Å². The highest BCUT2D eigenvalue weighted by Gasteiger charge is 2.35. The van der Waals surface area contributed by atoms with E-state index in [1.807, 2.05) is 59.9 Å². The number of imidazole rings is 1. The summed E-state index contributed by atoms with van der Waals surface area (Å²) in [5.74, 6) is 0.910. The summed E-state index contributed by atoms with van der Waals surface area (Å²) in [5.41, 5.74) is 3.13. The van der Waals surface area contributed by atoms with Crippen molar-refractivity contribution in [3.05, 3.63) is 72.0 Å². The van der Waals surface area contributed by atoms with Crippen molar-refractivity contribution in [1.29, 1.82) is 0 Å². The fraction of sp³-hybridized carbons (Fsp3) is 0.238. The molecule has 28 heavy (non-hydrogen) atoms. The van der Waals surface area contributed by atoms with Crippen LogP contribution in [0.3, 0.4) is 0 Å². The fourth-order valence-corrected chi connectivity index (χ4v) is 3.74. The number of pyridine rings is 1. The number of aromatic nitrogens is 4. The average Bonchev–Trinajstić information content (AvgIpc) is 3.46. The Hall–Kier alpha value is -3.48. The highest BCUT2D eigenvalue weighted by molar-refractivity contribution is 5.93. The van der Waals surface area contributed by atoms with E-state index in [4.69, 9.17) is 4.52 Å². The molecule has 7 heteroatoms. The van der Waals surface area contributed by atoms with E-state index in [0.29, 0.717) is 24.0 Å². The zero-order valence-electron chi connectivity index (χ0n) is 15.4. The van der Waals surface area contributed by atoms with Gasteiger partial charge in [-0.25, -0.2) is 4.98 Å². The summed E-state index contributed by atoms with van der Waals surface area (Å²) in [5, 5.41) is 4.10. The quantitative estimate of drug-likeness (QED) is 0.548. The molecule has 0 saturated carbocycles. The normalized spacial score (nSPS) is 16.8. The van der Waals surface area contributed by atoms with Crippen LogP contribution in [0.5, 0.6) is 0 Å². The number of nitrogens with zero attached hydrogens (tertiary/aromatic N) is 5. The van der Waals surface area contributed by atoms with Crippen LogP contribution in [-0.4, -0.2) is 36.9 Å². The van der Waals surface area contributed by atoms with Crippen molar-refractivity contribution in [2.24, 2.45) is 0 Å². The first-order valence-electron chi connectivity index (χ1n) is 9.35. The predicted molar refractivity (Wildman–Crippen MR) is 103 cm³/mol. The minimum Gasteiger partial charge on any atom is -0.337 e. The number of hydrogen-bond donors (Lipinski definition) is 0. The molecule has 0 spiro atoms. The average molecular weight is 373 g/mol. The van der Waals surface area contributed by atoms with Crippen molar-refractivity contribution < 1.29 is 9.32 Å². The number of aryl methyl sites for hydroxylation is 1. The summed E-state index contributed by atoms with van der Waals surface area (Å²) in [6.07, 6.45) is 3.49. The molecule has 1 aliphatic rings. The summed E-state index contributed by atoms with van der Waals surface area (Å²) in [6, 6.07) is 15.3. The van der Waals surface area contributed by atoms with Crippen LogP contribution in [0.15, 0.2) is 59.3 Å². The van der Waals surface area contributed by atoms with Gasteiger partial charge < -0.3 is 13.8 Å². The number of carbonyl (C=O) groups excluding carboxylic acids is 1. The van der Waals surface area contributed by atoms with Gasteiger partial charge in [-0.3, -0.25) is 4.79 Å². The van der Waals surface area contributed by atoms with Gasteiger partial charge in [-0.2, -0.15) is 4.98 Å². The Balaban J connectivity index is 1.44. The monoisotopic (exact) mass is 373 g/mol. The molecule has 3 aromatic heterocycles. The van der Waals surface area contributed by atoms with Crippen LogP contribution in [0.1, 0.15) is 41.0 Å². The lowest BCUT2D eigenvalue weighted by molar-refractivity contribution is 0.0705. The molecule has 0 radical (unpaired) electrons. The molecule has 1 fully saturated rings. The molecule has 5 rings (SSSR count). The third kappa shape index (κ3) is 2.76. The molecule has 1 saturated heterocycles. The maximum absolute atomic E-state index is 13.1. The second-order valence-electron chi connectivity index (χ2n) is 7.00. The number of carbonyl (C=O) groups is 1. The van der Waals surface area contributed by atoms with E-state index in [1.54, 1.807) is 11.1 Å². The van der Waals surface area contributed by atoms with Gasteiger partial charge in [-0.15, -0.1) is 0 Å². The molecule has 0 N–H and O–H groups in total. The van der Waals surface area contributed by atoms with Gasteiger partial charge in [0.1, 0.15) is 17.4 Å². The highest BCUT2D eigenvalue weighted by Crippen LogP contribution is 2.33. The van der Waals surface area contributed by atoms with E-state index in [2.05, 4.69) is 15.1 Å². The van der Waals surface area contributed by atoms with Gasteiger partial charge in [0.05, 0.1) is 0 Å². The second-order valence-corrected chi connectivity index (χ2v) is 7.00. The summed E-state index contributed by atoms with van der Waals surface area (Å²) < 4.78 is 7.45. The first-order valence-corrected chi connectivity index (χ1v) is 9.35.